The van der Waals surface area contributed by atoms with Crippen molar-refractivity contribution in [2.75, 3.05) is 13.1 Å². The lowest BCUT2D eigenvalue weighted by Gasteiger charge is -2.22. The number of aryl methyl sites for hydroxylation is 3. The summed E-state index contributed by atoms with van der Waals surface area (Å²) < 4.78 is 0. The Hall–Kier alpha value is -1.78. The lowest BCUT2D eigenvalue weighted by molar-refractivity contribution is 0.245. The van der Waals surface area contributed by atoms with Crippen molar-refractivity contribution in [3.8, 4) is 0 Å². The molecule has 0 fully saturated rings. The summed E-state index contributed by atoms with van der Waals surface area (Å²) in [5, 5.41) is 0. The maximum atomic E-state index is 5.64. The highest BCUT2D eigenvalue weighted by Gasteiger charge is 2.11. The van der Waals surface area contributed by atoms with Crippen LogP contribution in [0.3, 0.4) is 0 Å². The Morgan fingerprint density at radius 1 is 1.00 bits per heavy atom. The largest absolute Gasteiger partial charge is 0.330 e. The summed E-state index contributed by atoms with van der Waals surface area (Å²) in [5.41, 5.74) is 11.6. The fourth-order valence-corrected chi connectivity index (χ4v) is 2.73. The molecule has 0 aliphatic carbocycles. The molecule has 0 unspecified atom stereocenters. The Morgan fingerprint density at radius 2 is 1.83 bits per heavy atom. The van der Waals surface area contributed by atoms with Gasteiger partial charge in [0.2, 0.25) is 0 Å². The molecular formula is C19H28N4. The lowest BCUT2D eigenvalue weighted by atomic mass is 10.1. The Bertz CT molecular complexity index is 625. The van der Waals surface area contributed by atoms with E-state index in [9.17, 15) is 0 Å². The van der Waals surface area contributed by atoms with E-state index in [2.05, 4.69) is 47.8 Å². The van der Waals surface area contributed by atoms with Gasteiger partial charge in [0.1, 0.15) is 0 Å². The van der Waals surface area contributed by atoms with Crippen molar-refractivity contribution in [1.29, 1.82) is 0 Å². The van der Waals surface area contributed by atoms with Crippen LogP contribution in [0.4, 0.5) is 0 Å². The van der Waals surface area contributed by atoms with E-state index in [4.69, 9.17) is 5.73 Å². The number of pyridine rings is 2. The molecule has 0 radical (unpaired) electrons. The number of nitrogens with two attached hydrogens (primary N) is 1. The van der Waals surface area contributed by atoms with Crippen LogP contribution in [-0.2, 0) is 13.1 Å². The summed E-state index contributed by atoms with van der Waals surface area (Å²) in [5.74, 6) is 0. The van der Waals surface area contributed by atoms with Crippen LogP contribution in [0.2, 0.25) is 0 Å². The van der Waals surface area contributed by atoms with E-state index in [0.717, 1.165) is 50.4 Å². The average molecular weight is 312 g/mol. The molecule has 0 saturated heterocycles. The van der Waals surface area contributed by atoms with Gasteiger partial charge < -0.3 is 5.73 Å². The zero-order chi connectivity index (χ0) is 16.7. The van der Waals surface area contributed by atoms with Gasteiger partial charge in [-0.2, -0.15) is 0 Å². The van der Waals surface area contributed by atoms with E-state index in [0.29, 0.717) is 0 Å². The van der Waals surface area contributed by atoms with Gasteiger partial charge in [-0.15, -0.1) is 0 Å². The summed E-state index contributed by atoms with van der Waals surface area (Å²) in [7, 11) is 0. The van der Waals surface area contributed by atoms with Gasteiger partial charge in [0, 0.05) is 25.5 Å². The molecule has 4 nitrogen and oxygen atoms in total. The van der Waals surface area contributed by atoms with Crippen molar-refractivity contribution in [2.24, 2.45) is 5.73 Å². The minimum Gasteiger partial charge on any atom is -0.330 e. The fraction of sp³-hybridized carbons (Fsp3) is 0.474. The molecule has 0 saturated carbocycles. The Labute approximate surface area is 139 Å². The highest BCUT2D eigenvalue weighted by Crippen LogP contribution is 2.13. The van der Waals surface area contributed by atoms with E-state index in [1.165, 1.54) is 16.7 Å². The summed E-state index contributed by atoms with van der Waals surface area (Å²) in [6.07, 6.45) is 5.99. The number of unbranched alkanes of at least 4 members (excludes halogenated alkanes) is 1. The smallest absolute Gasteiger partial charge is 0.0573 e. The van der Waals surface area contributed by atoms with Crippen molar-refractivity contribution in [1.82, 2.24) is 14.9 Å². The van der Waals surface area contributed by atoms with E-state index in [-0.39, 0.29) is 0 Å². The molecule has 0 amide bonds. The number of aromatic nitrogens is 2. The summed E-state index contributed by atoms with van der Waals surface area (Å²) in [6.45, 7) is 9.79. The van der Waals surface area contributed by atoms with Gasteiger partial charge in [0.05, 0.1) is 11.4 Å². The maximum absolute atomic E-state index is 5.64. The third-order valence-corrected chi connectivity index (χ3v) is 3.98. The highest BCUT2D eigenvalue weighted by atomic mass is 15.1. The normalized spacial score (nSPS) is 11.2. The molecule has 0 aliphatic heterocycles. The van der Waals surface area contributed by atoms with Crippen LogP contribution >= 0.6 is 0 Å². The molecule has 2 rings (SSSR count). The number of nitrogens with zero attached hydrogens (tertiary/aromatic N) is 3. The second-order valence-electron chi connectivity index (χ2n) is 6.31. The first-order valence-corrected chi connectivity index (χ1v) is 8.34. The van der Waals surface area contributed by atoms with Gasteiger partial charge in [-0.3, -0.25) is 14.9 Å². The molecule has 2 aromatic rings. The predicted octanol–water partition coefficient (Wildman–Crippen LogP) is 3.14. The maximum Gasteiger partial charge on any atom is 0.0573 e. The van der Waals surface area contributed by atoms with Crippen LogP contribution in [0.25, 0.3) is 0 Å². The monoisotopic (exact) mass is 312 g/mol. The molecular weight excluding hydrogens is 284 g/mol. The molecule has 0 spiro atoms. The lowest BCUT2D eigenvalue weighted by Crippen LogP contribution is -2.26. The van der Waals surface area contributed by atoms with Crippen molar-refractivity contribution in [3.63, 3.8) is 0 Å². The van der Waals surface area contributed by atoms with E-state index < -0.39 is 0 Å². The molecule has 2 N–H and O–H groups in total. The quantitative estimate of drug-likeness (QED) is 0.761. The Balaban J connectivity index is 2.09. The number of hydrogen-bond acceptors (Lipinski definition) is 4. The number of hydrogen-bond donors (Lipinski definition) is 1. The van der Waals surface area contributed by atoms with Crippen LogP contribution in [0.1, 0.15) is 40.9 Å². The van der Waals surface area contributed by atoms with Crippen LogP contribution < -0.4 is 5.73 Å². The Kier molecular flexibility index (Phi) is 6.68. The van der Waals surface area contributed by atoms with E-state index >= 15 is 0 Å². The Morgan fingerprint density at radius 3 is 2.52 bits per heavy atom. The van der Waals surface area contributed by atoms with Gasteiger partial charge in [-0.1, -0.05) is 6.07 Å². The summed E-state index contributed by atoms with van der Waals surface area (Å²) >= 11 is 0. The van der Waals surface area contributed by atoms with Crippen molar-refractivity contribution in [3.05, 3.63) is 58.7 Å². The van der Waals surface area contributed by atoms with Crippen LogP contribution in [-0.4, -0.2) is 28.0 Å². The van der Waals surface area contributed by atoms with Crippen molar-refractivity contribution >= 4 is 0 Å². The molecule has 2 heterocycles. The van der Waals surface area contributed by atoms with E-state index in [1.807, 2.05) is 18.5 Å². The minimum absolute atomic E-state index is 0.748. The number of rotatable bonds is 8. The first-order valence-electron chi connectivity index (χ1n) is 8.34. The molecule has 0 aromatic carbocycles. The first-order chi connectivity index (χ1) is 11.1. The van der Waals surface area contributed by atoms with Crippen molar-refractivity contribution in [2.45, 2.75) is 46.7 Å². The van der Waals surface area contributed by atoms with E-state index in [1.54, 1.807) is 0 Å². The molecule has 0 bridgehead atoms. The van der Waals surface area contributed by atoms with Crippen LogP contribution in [0.15, 0.2) is 30.6 Å². The highest BCUT2D eigenvalue weighted by molar-refractivity contribution is 5.23. The minimum atomic E-state index is 0.748. The molecule has 124 valence electrons. The van der Waals surface area contributed by atoms with Gasteiger partial charge in [-0.25, -0.2) is 0 Å². The van der Waals surface area contributed by atoms with Crippen LogP contribution in [0.5, 0.6) is 0 Å². The second kappa shape index (κ2) is 8.75. The first kappa shape index (κ1) is 17.6. The second-order valence-corrected chi connectivity index (χ2v) is 6.31. The van der Waals surface area contributed by atoms with Crippen LogP contribution in [0, 0.1) is 20.8 Å². The van der Waals surface area contributed by atoms with Gasteiger partial charge in [-0.05, 0) is 75.5 Å². The van der Waals surface area contributed by atoms with Crippen molar-refractivity contribution < 1.29 is 0 Å². The zero-order valence-electron chi connectivity index (χ0n) is 14.5. The molecule has 0 atom stereocenters. The fourth-order valence-electron chi connectivity index (χ4n) is 2.73. The SMILES string of the molecule is Cc1ccnc(CN(CCCCN)Cc2ncc(C)cc2C)c1. The average Bonchev–Trinajstić information content (AvgIpc) is 2.50. The third-order valence-electron chi connectivity index (χ3n) is 3.98. The standard InChI is InChI=1S/C19H28N4/c1-15-6-8-21-18(11-15)13-23(9-5-4-7-20)14-19-17(3)10-16(2)12-22-19/h6,8,10-12H,4-5,7,9,13-14,20H2,1-3H3. The van der Waals surface area contributed by atoms with Gasteiger partial charge >= 0.3 is 0 Å². The molecule has 0 aliphatic rings. The summed E-state index contributed by atoms with van der Waals surface area (Å²) in [4.78, 5) is 11.5. The van der Waals surface area contributed by atoms with Gasteiger partial charge in [0.25, 0.3) is 0 Å². The topological polar surface area (TPSA) is 55.0 Å². The molecule has 23 heavy (non-hydrogen) atoms. The van der Waals surface area contributed by atoms with Gasteiger partial charge in [0.15, 0.2) is 0 Å². The molecule has 2 aromatic heterocycles. The molecule has 4 heteroatoms. The summed E-state index contributed by atoms with van der Waals surface area (Å²) in [6, 6.07) is 6.39. The zero-order valence-corrected chi connectivity index (χ0v) is 14.5. The third kappa shape index (κ3) is 5.73. The predicted molar refractivity (Wildman–Crippen MR) is 95.1 cm³/mol.